The molecule has 0 saturated carbocycles. The molecule has 32 heavy (non-hydrogen) atoms. The Labute approximate surface area is 190 Å². The number of imide groups is 1. The molecule has 8 heteroatoms. The Morgan fingerprint density at radius 1 is 1.16 bits per heavy atom. The van der Waals surface area contributed by atoms with Crippen LogP contribution >= 0.6 is 11.6 Å². The smallest absolute Gasteiger partial charge is 0.250 e. The first kappa shape index (κ1) is 21.1. The minimum Gasteiger partial charge on any atom is -0.392 e. The molecule has 3 amide bonds. The molecule has 3 N–H and O–H groups in total. The van der Waals surface area contributed by atoms with Gasteiger partial charge in [-0.2, -0.15) is 0 Å². The Kier molecular flexibility index (Phi) is 4.89. The SMILES string of the molecule is Cc1cc(Cl)cc2c1NC(=O)C21NC(C(C)O)C2C(=O)N(CCc3ccccc3)C(=O)C21. The molecular formula is C24H24ClN3O4. The van der Waals surface area contributed by atoms with E-state index in [9.17, 15) is 19.5 Å². The van der Waals surface area contributed by atoms with Crippen LogP contribution in [0.25, 0.3) is 0 Å². The number of nitrogens with one attached hydrogen (secondary N) is 2. The molecule has 3 aliphatic heterocycles. The molecule has 3 aliphatic rings. The molecule has 1 spiro atoms. The van der Waals surface area contributed by atoms with Crippen molar-refractivity contribution in [3.63, 3.8) is 0 Å². The van der Waals surface area contributed by atoms with Gasteiger partial charge in [0.05, 0.1) is 17.9 Å². The van der Waals surface area contributed by atoms with Crippen molar-refractivity contribution in [3.05, 3.63) is 64.2 Å². The third-order valence-electron chi connectivity index (χ3n) is 7.00. The van der Waals surface area contributed by atoms with Gasteiger partial charge in [-0.05, 0) is 43.5 Å². The van der Waals surface area contributed by atoms with Gasteiger partial charge in [0.2, 0.25) is 17.7 Å². The van der Waals surface area contributed by atoms with Crippen LogP contribution in [0.4, 0.5) is 5.69 Å². The highest BCUT2D eigenvalue weighted by Gasteiger charge is 2.71. The van der Waals surface area contributed by atoms with Crippen molar-refractivity contribution in [1.29, 1.82) is 0 Å². The summed E-state index contributed by atoms with van der Waals surface area (Å²) in [5.74, 6) is -2.95. The number of rotatable bonds is 4. The van der Waals surface area contributed by atoms with E-state index in [1.165, 1.54) is 4.90 Å². The monoisotopic (exact) mass is 453 g/mol. The average Bonchev–Trinajstić information content (AvgIpc) is 3.34. The van der Waals surface area contributed by atoms with Crippen LogP contribution in [0.15, 0.2) is 42.5 Å². The van der Waals surface area contributed by atoms with Crippen LogP contribution in [-0.2, 0) is 26.3 Å². The zero-order chi connectivity index (χ0) is 22.8. The highest BCUT2D eigenvalue weighted by molar-refractivity contribution is 6.31. The van der Waals surface area contributed by atoms with Crippen molar-refractivity contribution in [2.24, 2.45) is 11.8 Å². The average molecular weight is 454 g/mol. The molecule has 2 saturated heterocycles. The van der Waals surface area contributed by atoms with E-state index in [0.29, 0.717) is 22.7 Å². The fourth-order valence-corrected chi connectivity index (χ4v) is 5.82. The molecule has 3 heterocycles. The minimum absolute atomic E-state index is 0.223. The lowest BCUT2D eigenvalue weighted by atomic mass is 9.76. The van der Waals surface area contributed by atoms with E-state index in [1.54, 1.807) is 19.1 Å². The lowest BCUT2D eigenvalue weighted by Gasteiger charge is -2.30. The Bertz CT molecular complexity index is 1140. The molecule has 0 radical (unpaired) electrons. The van der Waals surface area contributed by atoms with Gasteiger partial charge < -0.3 is 10.4 Å². The van der Waals surface area contributed by atoms with Crippen LogP contribution in [-0.4, -0.2) is 46.4 Å². The fourth-order valence-electron chi connectivity index (χ4n) is 5.54. The van der Waals surface area contributed by atoms with Gasteiger partial charge in [0.25, 0.3) is 0 Å². The summed E-state index contributed by atoms with van der Waals surface area (Å²) in [7, 11) is 0. The van der Waals surface area contributed by atoms with Crippen molar-refractivity contribution in [1.82, 2.24) is 10.2 Å². The minimum atomic E-state index is -1.45. The first-order chi connectivity index (χ1) is 15.3. The number of carbonyl (C=O) groups is 3. The number of nitrogens with zero attached hydrogens (tertiary/aromatic N) is 1. The highest BCUT2D eigenvalue weighted by atomic mass is 35.5. The van der Waals surface area contributed by atoms with E-state index in [-0.39, 0.29) is 12.5 Å². The third kappa shape index (κ3) is 2.85. The molecule has 2 fully saturated rings. The number of aliphatic hydroxyl groups is 1. The summed E-state index contributed by atoms with van der Waals surface area (Å²) in [4.78, 5) is 41.7. The van der Waals surface area contributed by atoms with Crippen molar-refractivity contribution in [3.8, 4) is 0 Å². The number of anilines is 1. The lowest BCUT2D eigenvalue weighted by Crippen LogP contribution is -2.55. The summed E-state index contributed by atoms with van der Waals surface area (Å²) in [6.45, 7) is 3.62. The quantitative estimate of drug-likeness (QED) is 0.615. The van der Waals surface area contributed by atoms with Crippen LogP contribution in [0, 0.1) is 18.8 Å². The summed E-state index contributed by atoms with van der Waals surface area (Å²) in [6.07, 6.45) is -0.421. The number of benzene rings is 2. The van der Waals surface area contributed by atoms with Gasteiger partial charge in [0.15, 0.2) is 0 Å². The Morgan fingerprint density at radius 2 is 1.88 bits per heavy atom. The van der Waals surface area contributed by atoms with Crippen LogP contribution in [0.5, 0.6) is 0 Å². The second kappa shape index (κ2) is 7.40. The van der Waals surface area contributed by atoms with E-state index in [0.717, 1.165) is 11.1 Å². The van der Waals surface area contributed by atoms with Crippen molar-refractivity contribution in [2.75, 3.05) is 11.9 Å². The zero-order valence-corrected chi connectivity index (χ0v) is 18.5. The first-order valence-electron chi connectivity index (χ1n) is 10.7. The summed E-state index contributed by atoms with van der Waals surface area (Å²) >= 11 is 6.31. The maximum absolute atomic E-state index is 13.6. The lowest BCUT2D eigenvalue weighted by molar-refractivity contribution is -0.143. The van der Waals surface area contributed by atoms with Gasteiger partial charge in [-0.15, -0.1) is 0 Å². The van der Waals surface area contributed by atoms with E-state index in [4.69, 9.17) is 11.6 Å². The summed E-state index contributed by atoms with van der Waals surface area (Å²) < 4.78 is 0. The van der Waals surface area contributed by atoms with E-state index in [1.807, 2.05) is 37.3 Å². The molecule has 5 rings (SSSR count). The highest BCUT2D eigenvalue weighted by Crippen LogP contribution is 2.54. The molecule has 0 aromatic heterocycles. The molecule has 2 aromatic carbocycles. The maximum atomic E-state index is 13.6. The van der Waals surface area contributed by atoms with Crippen LogP contribution in [0.1, 0.15) is 23.6 Å². The zero-order valence-electron chi connectivity index (χ0n) is 17.8. The van der Waals surface area contributed by atoms with Gasteiger partial charge in [-0.3, -0.25) is 24.6 Å². The number of likely N-dealkylation sites (tertiary alicyclic amines) is 1. The van der Waals surface area contributed by atoms with Crippen molar-refractivity contribution < 1.29 is 19.5 Å². The second-order valence-electron chi connectivity index (χ2n) is 8.89. The number of aryl methyl sites for hydroxylation is 1. The first-order valence-corrected chi connectivity index (χ1v) is 11.1. The number of amides is 3. The molecule has 2 aromatic rings. The number of hydrogen-bond donors (Lipinski definition) is 3. The molecule has 7 nitrogen and oxygen atoms in total. The standard InChI is InChI=1S/C24H24ClN3O4/c1-12-10-15(25)11-16-19(12)26-23(32)24(16)18-17(20(27-24)13(2)29)21(30)28(22(18)31)9-8-14-6-4-3-5-7-14/h3-7,10-11,13,17-18,20,27,29H,8-9H2,1-2H3,(H,26,32). The second-order valence-corrected chi connectivity index (χ2v) is 9.32. The summed E-state index contributed by atoms with van der Waals surface area (Å²) in [6, 6.07) is 12.3. The van der Waals surface area contributed by atoms with E-state index < -0.39 is 41.3 Å². The molecule has 166 valence electrons. The Hall–Kier alpha value is -2.74. The van der Waals surface area contributed by atoms with E-state index in [2.05, 4.69) is 10.6 Å². The predicted molar refractivity (Wildman–Crippen MR) is 119 cm³/mol. The fraction of sp³-hybridized carbons (Fsp3) is 0.375. The van der Waals surface area contributed by atoms with Crippen LogP contribution in [0.2, 0.25) is 5.02 Å². The normalized spacial score (nSPS) is 29.4. The van der Waals surface area contributed by atoms with Crippen molar-refractivity contribution in [2.45, 2.75) is 38.0 Å². The van der Waals surface area contributed by atoms with Gasteiger partial charge in [-0.1, -0.05) is 41.9 Å². The molecule has 0 bridgehead atoms. The number of aliphatic hydroxyl groups excluding tert-OH is 1. The number of fused-ring (bicyclic) bond motifs is 4. The van der Waals surface area contributed by atoms with Crippen LogP contribution in [0.3, 0.4) is 0 Å². The maximum Gasteiger partial charge on any atom is 0.250 e. The summed E-state index contributed by atoms with van der Waals surface area (Å²) in [5, 5.41) is 17.0. The third-order valence-corrected chi connectivity index (χ3v) is 7.22. The van der Waals surface area contributed by atoms with Crippen LogP contribution < -0.4 is 10.6 Å². The predicted octanol–water partition coefficient (Wildman–Crippen LogP) is 1.99. The molecule has 0 aliphatic carbocycles. The van der Waals surface area contributed by atoms with Gasteiger partial charge in [-0.25, -0.2) is 0 Å². The van der Waals surface area contributed by atoms with Gasteiger partial charge in [0, 0.05) is 28.9 Å². The van der Waals surface area contributed by atoms with Gasteiger partial charge in [0.1, 0.15) is 5.54 Å². The van der Waals surface area contributed by atoms with E-state index >= 15 is 0 Å². The Morgan fingerprint density at radius 3 is 2.56 bits per heavy atom. The number of halogens is 1. The molecular weight excluding hydrogens is 430 g/mol. The van der Waals surface area contributed by atoms with Gasteiger partial charge >= 0.3 is 0 Å². The summed E-state index contributed by atoms with van der Waals surface area (Å²) in [5.41, 5.74) is 1.48. The number of hydrogen-bond acceptors (Lipinski definition) is 5. The molecule has 5 unspecified atom stereocenters. The topological polar surface area (TPSA) is 98.7 Å². The Balaban J connectivity index is 1.58. The van der Waals surface area contributed by atoms with Crippen molar-refractivity contribution >= 4 is 35.0 Å². The number of carbonyl (C=O) groups excluding carboxylic acids is 3. The molecule has 5 atom stereocenters. The largest absolute Gasteiger partial charge is 0.392 e.